The van der Waals surface area contributed by atoms with Crippen LogP contribution in [-0.4, -0.2) is 43.3 Å². The van der Waals surface area contributed by atoms with Gasteiger partial charge in [0.2, 0.25) is 0 Å². The van der Waals surface area contributed by atoms with Crippen LogP contribution in [0.3, 0.4) is 0 Å². The molecule has 0 radical (unpaired) electrons. The molecular formula is C25H20F4N2O5. The molecule has 36 heavy (non-hydrogen) atoms. The van der Waals surface area contributed by atoms with E-state index in [1.165, 1.54) is 24.3 Å². The monoisotopic (exact) mass is 504 g/mol. The number of ether oxygens (including phenoxy) is 2. The summed E-state index contributed by atoms with van der Waals surface area (Å²) in [4.78, 5) is 25.1. The Balaban J connectivity index is 1.44. The molecule has 2 N–H and O–H groups in total. The third-order valence-electron chi connectivity index (χ3n) is 5.37. The Kier molecular flexibility index (Phi) is 7.00. The third-order valence-corrected chi connectivity index (χ3v) is 5.37. The number of nitrogens with zero attached hydrogens (tertiary/aromatic N) is 1. The molecule has 0 unspecified atom stereocenters. The van der Waals surface area contributed by atoms with Crippen LogP contribution in [0.2, 0.25) is 0 Å². The minimum Gasteiger partial charge on any atom is -0.486 e. The van der Waals surface area contributed by atoms with Crippen molar-refractivity contribution in [3.05, 3.63) is 82.9 Å². The summed E-state index contributed by atoms with van der Waals surface area (Å²) in [6.45, 7) is 0.150. The zero-order chi connectivity index (χ0) is 26.0. The number of rotatable bonds is 7. The molecule has 11 heteroatoms. The highest BCUT2D eigenvalue weighted by atomic mass is 19.1. The smallest absolute Gasteiger partial charge is 0.307 e. The Morgan fingerprint density at radius 3 is 2.58 bits per heavy atom. The maximum atomic E-state index is 14.6. The van der Waals surface area contributed by atoms with Crippen molar-refractivity contribution in [2.45, 2.75) is 12.5 Å². The van der Waals surface area contributed by atoms with E-state index in [-0.39, 0.29) is 17.9 Å². The third kappa shape index (κ3) is 5.68. The summed E-state index contributed by atoms with van der Waals surface area (Å²) in [5.74, 6) is -5.62. The van der Waals surface area contributed by atoms with Gasteiger partial charge in [0.25, 0.3) is 5.91 Å². The summed E-state index contributed by atoms with van der Waals surface area (Å²) < 4.78 is 67.6. The molecule has 3 aromatic rings. The summed E-state index contributed by atoms with van der Waals surface area (Å²) in [7, 11) is 1.73. The van der Waals surface area contributed by atoms with Gasteiger partial charge in [0.05, 0.1) is 24.2 Å². The number of benzene rings is 3. The molecule has 0 saturated carbocycles. The molecule has 1 heterocycles. The molecule has 0 aliphatic carbocycles. The Bertz CT molecular complexity index is 1330. The highest BCUT2D eigenvalue weighted by Gasteiger charge is 2.25. The van der Waals surface area contributed by atoms with Crippen LogP contribution in [0.4, 0.5) is 28.9 Å². The number of halogens is 4. The van der Waals surface area contributed by atoms with Gasteiger partial charge in [-0.25, -0.2) is 17.6 Å². The van der Waals surface area contributed by atoms with Crippen LogP contribution in [0.1, 0.15) is 15.9 Å². The molecular weight excluding hydrogens is 484 g/mol. The Hall–Kier alpha value is -4.28. The number of fused-ring (bicyclic) bond motifs is 1. The molecule has 0 aromatic heterocycles. The van der Waals surface area contributed by atoms with Crippen LogP contribution in [0.25, 0.3) is 0 Å². The molecule has 1 aliphatic rings. The highest BCUT2D eigenvalue weighted by molar-refractivity contribution is 6.04. The number of nitrogens with one attached hydrogen (secondary N) is 1. The fraction of sp³-hybridized carbons (Fsp3) is 0.200. The molecule has 1 aliphatic heterocycles. The summed E-state index contributed by atoms with van der Waals surface area (Å²) >= 11 is 0. The summed E-state index contributed by atoms with van der Waals surface area (Å²) in [6.07, 6.45) is -1.05. The average molecular weight is 504 g/mol. The van der Waals surface area contributed by atoms with Gasteiger partial charge in [0.15, 0.2) is 11.6 Å². The lowest BCUT2D eigenvalue weighted by atomic mass is 10.1. The van der Waals surface area contributed by atoms with Crippen LogP contribution in [0.15, 0.2) is 48.5 Å². The second-order valence-electron chi connectivity index (χ2n) is 8.18. The topological polar surface area (TPSA) is 88.1 Å². The molecule has 4 rings (SSSR count). The fourth-order valence-corrected chi connectivity index (χ4v) is 3.79. The van der Waals surface area contributed by atoms with E-state index in [1.807, 2.05) is 0 Å². The van der Waals surface area contributed by atoms with Gasteiger partial charge in [0, 0.05) is 24.9 Å². The SMILES string of the molecule is CN1C[C@@H](COc2cc(F)c(C(=O)Nc3cc(F)cc(CC(=O)O)c3)cc2F)Oc2ccc(F)cc21. The maximum absolute atomic E-state index is 14.6. The highest BCUT2D eigenvalue weighted by Crippen LogP contribution is 2.33. The predicted octanol–water partition coefficient (Wildman–Crippen LogP) is 4.40. The van der Waals surface area contributed by atoms with Crippen LogP contribution in [0, 0.1) is 23.3 Å². The number of carboxylic acid groups (broad SMARTS) is 1. The number of aliphatic carboxylic acids is 1. The van der Waals surface area contributed by atoms with E-state index in [0.717, 1.165) is 12.1 Å². The Labute approximate surface area is 202 Å². The molecule has 0 saturated heterocycles. The molecule has 1 amide bonds. The minimum absolute atomic E-state index is 0.0801. The minimum atomic E-state index is -1.20. The van der Waals surface area contributed by atoms with Crippen LogP contribution < -0.4 is 19.7 Å². The van der Waals surface area contributed by atoms with Crippen LogP contribution in [0.5, 0.6) is 11.5 Å². The van der Waals surface area contributed by atoms with Crippen molar-refractivity contribution in [3.8, 4) is 11.5 Å². The summed E-state index contributed by atoms with van der Waals surface area (Å²) in [5, 5.41) is 11.1. The Morgan fingerprint density at radius 2 is 1.83 bits per heavy atom. The van der Waals surface area contributed by atoms with E-state index in [9.17, 15) is 27.2 Å². The molecule has 1 atom stereocenters. The van der Waals surface area contributed by atoms with E-state index < -0.39 is 59.0 Å². The predicted molar refractivity (Wildman–Crippen MR) is 122 cm³/mol. The second-order valence-corrected chi connectivity index (χ2v) is 8.18. The van der Waals surface area contributed by atoms with Gasteiger partial charge >= 0.3 is 5.97 Å². The molecule has 7 nitrogen and oxygen atoms in total. The van der Waals surface area contributed by atoms with Gasteiger partial charge in [-0.3, -0.25) is 9.59 Å². The number of carboxylic acids is 1. The van der Waals surface area contributed by atoms with Crippen molar-refractivity contribution >= 4 is 23.3 Å². The van der Waals surface area contributed by atoms with Gasteiger partial charge < -0.3 is 24.8 Å². The van der Waals surface area contributed by atoms with E-state index in [0.29, 0.717) is 30.1 Å². The number of carbonyl (C=O) groups is 2. The van der Waals surface area contributed by atoms with Crippen molar-refractivity contribution in [2.75, 3.05) is 30.4 Å². The first-order valence-electron chi connectivity index (χ1n) is 10.7. The normalized spacial score (nSPS) is 14.6. The fourth-order valence-electron chi connectivity index (χ4n) is 3.79. The van der Waals surface area contributed by atoms with Gasteiger partial charge in [0.1, 0.15) is 35.9 Å². The largest absolute Gasteiger partial charge is 0.486 e. The van der Waals surface area contributed by atoms with E-state index in [1.54, 1.807) is 11.9 Å². The lowest BCUT2D eigenvalue weighted by molar-refractivity contribution is -0.136. The number of amides is 1. The molecule has 188 valence electrons. The van der Waals surface area contributed by atoms with Crippen molar-refractivity contribution in [2.24, 2.45) is 0 Å². The molecule has 0 spiro atoms. The zero-order valence-corrected chi connectivity index (χ0v) is 18.9. The first kappa shape index (κ1) is 24.8. The number of carbonyl (C=O) groups excluding carboxylic acids is 1. The zero-order valence-electron chi connectivity index (χ0n) is 18.9. The van der Waals surface area contributed by atoms with Crippen molar-refractivity contribution in [3.63, 3.8) is 0 Å². The van der Waals surface area contributed by atoms with Gasteiger partial charge in [-0.05, 0) is 42.0 Å². The first-order chi connectivity index (χ1) is 17.1. The first-order valence-corrected chi connectivity index (χ1v) is 10.7. The molecule has 0 bridgehead atoms. The van der Waals surface area contributed by atoms with Crippen molar-refractivity contribution in [1.82, 2.24) is 0 Å². The van der Waals surface area contributed by atoms with E-state index in [2.05, 4.69) is 5.32 Å². The van der Waals surface area contributed by atoms with Crippen LogP contribution in [-0.2, 0) is 11.2 Å². The van der Waals surface area contributed by atoms with Crippen molar-refractivity contribution in [1.29, 1.82) is 0 Å². The summed E-state index contributed by atoms with van der Waals surface area (Å²) in [5.41, 5.74) is -0.146. The number of hydrogen-bond donors (Lipinski definition) is 2. The van der Waals surface area contributed by atoms with Gasteiger partial charge in [-0.2, -0.15) is 0 Å². The maximum Gasteiger partial charge on any atom is 0.307 e. The van der Waals surface area contributed by atoms with E-state index >= 15 is 0 Å². The second kappa shape index (κ2) is 10.1. The van der Waals surface area contributed by atoms with E-state index in [4.69, 9.17) is 14.6 Å². The average Bonchev–Trinajstić information content (AvgIpc) is 2.79. The van der Waals surface area contributed by atoms with Gasteiger partial charge in [-0.15, -0.1) is 0 Å². The molecule has 0 fully saturated rings. The van der Waals surface area contributed by atoms with Crippen molar-refractivity contribution < 1.29 is 41.7 Å². The number of likely N-dealkylation sites (N-methyl/N-ethyl adjacent to an activating group) is 1. The van der Waals surface area contributed by atoms with Crippen LogP contribution >= 0.6 is 0 Å². The number of anilines is 2. The lowest BCUT2D eigenvalue weighted by Crippen LogP contribution is -2.41. The Morgan fingerprint density at radius 1 is 1.06 bits per heavy atom. The lowest BCUT2D eigenvalue weighted by Gasteiger charge is -2.33. The number of hydrogen-bond acceptors (Lipinski definition) is 5. The molecule has 3 aromatic carbocycles. The summed E-state index contributed by atoms with van der Waals surface area (Å²) in [6, 6.07) is 8.50. The van der Waals surface area contributed by atoms with Gasteiger partial charge in [-0.1, -0.05) is 0 Å². The quantitative estimate of drug-likeness (QED) is 0.464. The standard InChI is InChI=1S/C25H20F4N2O5/c1-31-11-17(36-22-3-2-14(26)8-21(22)31)12-35-23-10-19(28)18(9-20(23)29)25(34)30-16-5-13(6-24(32)33)4-15(27)7-16/h2-5,7-10,17H,6,11-12H2,1H3,(H,30,34)(H,32,33)/t17-/m0/s1.